The lowest BCUT2D eigenvalue weighted by Gasteiger charge is -2.33. The number of halogens is 1. The van der Waals surface area contributed by atoms with Crippen molar-refractivity contribution in [1.82, 2.24) is 0 Å². The van der Waals surface area contributed by atoms with Crippen LogP contribution in [0, 0.1) is 12.3 Å². The molecule has 94 valence electrons. The Morgan fingerprint density at radius 2 is 1.76 bits per heavy atom. The summed E-state index contributed by atoms with van der Waals surface area (Å²) in [5, 5.41) is 0. The molecule has 0 spiro atoms. The zero-order valence-electron chi connectivity index (χ0n) is 11.0. The molecule has 0 nitrogen and oxygen atoms in total. The maximum Gasteiger partial charge on any atom is 0.0242 e. The van der Waals surface area contributed by atoms with Crippen LogP contribution >= 0.6 is 15.9 Å². The molecule has 1 aromatic carbocycles. The Kier molecular flexibility index (Phi) is 4.30. The van der Waals surface area contributed by atoms with Gasteiger partial charge in [0.25, 0.3) is 0 Å². The fourth-order valence-electron chi connectivity index (χ4n) is 3.12. The zero-order chi connectivity index (χ0) is 12.3. The molecular formula is C16H23Br. The number of rotatable bonds is 4. The van der Waals surface area contributed by atoms with Gasteiger partial charge in [-0.25, -0.2) is 0 Å². The van der Waals surface area contributed by atoms with Gasteiger partial charge in [-0.15, -0.1) is 0 Å². The first-order chi connectivity index (χ1) is 8.16. The lowest BCUT2D eigenvalue weighted by Crippen LogP contribution is -2.29. The Balaban J connectivity index is 2.05. The molecule has 17 heavy (non-hydrogen) atoms. The highest BCUT2D eigenvalue weighted by atomic mass is 79.9. The van der Waals surface area contributed by atoms with E-state index in [1.54, 1.807) is 0 Å². The molecule has 1 atom stereocenters. The van der Waals surface area contributed by atoms with Crippen LogP contribution in [0.4, 0.5) is 0 Å². The molecule has 0 aromatic heterocycles. The molecule has 0 aliphatic heterocycles. The Hall–Kier alpha value is -0.300. The second-order valence-electron chi connectivity index (χ2n) is 5.58. The number of hydrogen-bond acceptors (Lipinski definition) is 0. The van der Waals surface area contributed by atoms with Crippen molar-refractivity contribution in [1.29, 1.82) is 0 Å². The topological polar surface area (TPSA) is 0 Å². The van der Waals surface area contributed by atoms with Crippen LogP contribution in [0.5, 0.6) is 0 Å². The van der Waals surface area contributed by atoms with Crippen molar-refractivity contribution < 1.29 is 0 Å². The van der Waals surface area contributed by atoms with Gasteiger partial charge in [0.05, 0.1) is 0 Å². The van der Waals surface area contributed by atoms with Crippen LogP contribution in [0.15, 0.2) is 24.3 Å². The minimum Gasteiger partial charge on any atom is -0.0881 e. The molecule has 0 radical (unpaired) electrons. The fraction of sp³-hybridized carbons (Fsp3) is 0.625. The first-order valence-corrected chi connectivity index (χ1v) is 7.77. The van der Waals surface area contributed by atoms with Crippen LogP contribution in [-0.4, -0.2) is 4.83 Å². The maximum atomic E-state index is 3.98. The lowest BCUT2D eigenvalue weighted by atomic mass is 9.78. The number of aryl methyl sites for hydroxylation is 1. The Bertz CT molecular complexity index is 346. The van der Waals surface area contributed by atoms with Crippen molar-refractivity contribution in [3.63, 3.8) is 0 Å². The van der Waals surface area contributed by atoms with Gasteiger partial charge >= 0.3 is 0 Å². The Morgan fingerprint density at radius 1 is 1.18 bits per heavy atom. The molecule has 0 saturated heterocycles. The molecule has 2 rings (SSSR count). The van der Waals surface area contributed by atoms with Gasteiger partial charge < -0.3 is 0 Å². The average Bonchev–Trinajstić information content (AvgIpc) is 2.82. The van der Waals surface area contributed by atoms with Crippen molar-refractivity contribution >= 4 is 15.9 Å². The summed E-state index contributed by atoms with van der Waals surface area (Å²) in [6.07, 6.45) is 8.15. The smallest absolute Gasteiger partial charge is 0.0242 e. The van der Waals surface area contributed by atoms with E-state index >= 15 is 0 Å². The highest BCUT2D eigenvalue weighted by Crippen LogP contribution is 2.47. The van der Waals surface area contributed by atoms with Crippen molar-refractivity contribution in [2.45, 2.75) is 57.2 Å². The van der Waals surface area contributed by atoms with Crippen LogP contribution < -0.4 is 0 Å². The van der Waals surface area contributed by atoms with Gasteiger partial charge in [0.2, 0.25) is 0 Å². The summed E-state index contributed by atoms with van der Waals surface area (Å²) in [5.74, 6) is 0. The first kappa shape index (κ1) is 13.1. The molecule has 1 aromatic rings. The summed E-state index contributed by atoms with van der Waals surface area (Å²) in [6, 6.07) is 9.01. The highest BCUT2D eigenvalue weighted by Gasteiger charge is 2.38. The van der Waals surface area contributed by atoms with Gasteiger partial charge in [0.15, 0.2) is 0 Å². The minimum absolute atomic E-state index is 0.560. The second kappa shape index (κ2) is 5.56. The quantitative estimate of drug-likeness (QED) is 0.664. The SMILES string of the molecule is CCC1(C(Br)Cc2ccc(C)cc2)CCCC1. The van der Waals surface area contributed by atoms with E-state index in [1.165, 1.54) is 49.7 Å². The normalized spacial score (nSPS) is 20.4. The number of benzene rings is 1. The number of hydrogen-bond donors (Lipinski definition) is 0. The largest absolute Gasteiger partial charge is 0.0881 e. The van der Waals surface area contributed by atoms with Gasteiger partial charge in [0.1, 0.15) is 0 Å². The Labute approximate surface area is 114 Å². The summed E-state index contributed by atoms with van der Waals surface area (Å²) >= 11 is 3.98. The van der Waals surface area contributed by atoms with Crippen molar-refractivity contribution in [3.05, 3.63) is 35.4 Å². The van der Waals surface area contributed by atoms with E-state index in [2.05, 4.69) is 54.0 Å². The molecule has 1 heteroatoms. The third-order valence-corrected chi connectivity index (χ3v) is 5.80. The third-order valence-electron chi connectivity index (χ3n) is 4.50. The Morgan fingerprint density at radius 3 is 2.29 bits per heavy atom. The van der Waals surface area contributed by atoms with Crippen LogP contribution in [0.2, 0.25) is 0 Å². The lowest BCUT2D eigenvalue weighted by molar-refractivity contribution is 0.275. The first-order valence-electron chi connectivity index (χ1n) is 6.86. The summed E-state index contributed by atoms with van der Waals surface area (Å²) < 4.78 is 0. The summed E-state index contributed by atoms with van der Waals surface area (Å²) in [4.78, 5) is 0.644. The summed E-state index contributed by atoms with van der Waals surface area (Å²) in [5.41, 5.74) is 3.38. The van der Waals surface area contributed by atoms with Crippen LogP contribution in [0.3, 0.4) is 0 Å². The molecule has 0 amide bonds. The van der Waals surface area contributed by atoms with Crippen molar-refractivity contribution in [3.8, 4) is 0 Å². The predicted molar refractivity (Wildman–Crippen MR) is 78.8 cm³/mol. The van der Waals surface area contributed by atoms with Crippen LogP contribution in [-0.2, 0) is 6.42 Å². The van der Waals surface area contributed by atoms with E-state index in [4.69, 9.17) is 0 Å². The van der Waals surface area contributed by atoms with Crippen LogP contribution in [0.1, 0.15) is 50.2 Å². The van der Waals surface area contributed by atoms with E-state index in [9.17, 15) is 0 Å². The monoisotopic (exact) mass is 294 g/mol. The van der Waals surface area contributed by atoms with E-state index in [0.717, 1.165) is 0 Å². The zero-order valence-corrected chi connectivity index (χ0v) is 12.6. The van der Waals surface area contributed by atoms with Crippen LogP contribution in [0.25, 0.3) is 0 Å². The van der Waals surface area contributed by atoms with Gasteiger partial charge in [-0.1, -0.05) is 65.5 Å². The molecule has 1 aliphatic carbocycles. The highest BCUT2D eigenvalue weighted by molar-refractivity contribution is 9.09. The van der Waals surface area contributed by atoms with Gasteiger partial charge in [-0.05, 0) is 43.6 Å². The minimum atomic E-state index is 0.560. The third kappa shape index (κ3) is 2.93. The average molecular weight is 295 g/mol. The van der Waals surface area contributed by atoms with E-state index in [1.807, 2.05) is 0 Å². The molecular weight excluding hydrogens is 272 g/mol. The van der Waals surface area contributed by atoms with Crippen molar-refractivity contribution in [2.24, 2.45) is 5.41 Å². The molecule has 0 heterocycles. The van der Waals surface area contributed by atoms with Gasteiger partial charge in [-0.3, -0.25) is 0 Å². The molecule has 0 N–H and O–H groups in total. The maximum absolute atomic E-state index is 3.98. The van der Waals surface area contributed by atoms with Crippen molar-refractivity contribution in [2.75, 3.05) is 0 Å². The summed E-state index contributed by atoms with van der Waals surface area (Å²) in [7, 11) is 0. The molecule has 1 saturated carbocycles. The second-order valence-corrected chi connectivity index (χ2v) is 6.69. The molecule has 1 fully saturated rings. The molecule has 1 unspecified atom stereocenters. The summed E-state index contributed by atoms with van der Waals surface area (Å²) in [6.45, 7) is 4.51. The van der Waals surface area contributed by atoms with E-state index in [-0.39, 0.29) is 0 Å². The van der Waals surface area contributed by atoms with Gasteiger partial charge in [0, 0.05) is 4.83 Å². The predicted octanol–water partition coefficient (Wildman–Crippen LogP) is 5.27. The standard InChI is InChI=1S/C16H23Br/c1-3-16(10-4-5-11-16)15(17)12-14-8-6-13(2)7-9-14/h6-9,15H,3-5,10-12H2,1-2H3. The molecule has 0 bridgehead atoms. The molecule has 1 aliphatic rings. The van der Waals surface area contributed by atoms with E-state index in [0.29, 0.717) is 10.2 Å². The van der Waals surface area contributed by atoms with E-state index < -0.39 is 0 Å². The number of alkyl halides is 1. The van der Waals surface area contributed by atoms with Gasteiger partial charge in [-0.2, -0.15) is 0 Å². The fourth-order valence-corrected chi connectivity index (χ4v) is 4.27.